The fourth-order valence-corrected chi connectivity index (χ4v) is 3.50. The van der Waals surface area contributed by atoms with Crippen LogP contribution in [0.4, 0.5) is 0 Å². The molecule has 1 atom stereocenters. The molecule has 2 aromatic rings. The Balaban J connectivity index is 1.46. The van der Waals surface area contributed by atoms with Gasteiger partial charge in [-0.3, -0.25) is 9.59 Å². The van der Waals surface area contributed by atoms with Gasteiger partial charge in [0.05, 0.1) is 6.61 Å². The molecular formula is C20H18N2O5. The maximum Gasteiger partial charge on any atom is 0.330 e. The number of amides is 2. The molecule has 2 amide bonds. The maximum atomic E-state index is 12.4. The smallest absolute Gasteiger partial charge is 0.330 e. The molecule has 27 heavy (non-hydrogen) atoms. The van der Waals surface area contributed by atoms with Crippen LogP contribution in [0.3, 0.4) is 0 Å². The van der Waals surface area contributed by atoms with Crippen molar-refractivity contribution in [3.8, 4) is 5.75 Å². The number of carboxylic acids is 1. The Morgan fingerprint density at radius 1 is 1.19 bits per heavy atom. The lowest BCUT2D eigenvalue weighted by Gasteiger charge is -2.19. The molecule has 0 spiro atoms. The summed E-state index contributed by atoms with van der Waals surface area (Å²) in [6, 6.07) is 11.1. The quantitative estimate of drug-likeness (QED) is 0.836. The zero-order valence-electron chi connectivity index (χ0n) is 14.5. The monoisotopic (exact) mass is 366 g/mol. The lowest BCUT2D eigenvalue weighted by molar-refractivity contribution is -0.142. The summed E-state index contributed by atoms with van der Waals surface area (Å²) in [5.74, 6) is -1.14. The van der Waals surface area contributed by atoms with Crippen molar-refractivity contribution in [1.82, 2.24) is 10.2 Å². The molecule has 2 heterocycles. The molecule has 2 aromatic carbocycles. The highest BCUT2D eigenvalue weighted by Gasteiger charge is 2.30. The summed E-state index contributed by atoms with van der Waals surface area (Å²) in [7, 11) is 0. The van der Waals surface area contributed by atoms with Gasteiger partial charge < -0.3 is 20.1 Å². The van der Waals surface area contributed by atoms with E-state index in [2.05, 4.69) is 5.32 Å². The van der Waals surface area contributed by atoms with Crippen LogP contribution in [0.2, 0.25) is 0 Å². The predicted molar refractivity (Wildman–Crippen MR) is 95.3 cm³/mol. The van der Waals surface area contributed by atoms with E-state index in [9.17, 15) is 19.5 Å². The second kappa shape index (κ2) is 6.75. The standard InChI is InChI=1S/C20H18N2O5/c23-17(11-22-10-14-3-1-2-4-15(14)19(22)24)21-18(20(25)26)13-5-6-16-12(9-13)7-8-27-16/h1-6,9,18H,7-8,10-11H2,(H,21,23)(H,25,26). The number of ether oxygens (including phenoxy) is 1. The van der Waals surface area contributed by atoms with E-state index in [1.54, 1.807) is 30.3 Å². The predicted octanol–water partition coefficient (Wildman–Crippen LogP) is 1.52. The number of hydrogen-bond acceptors (Lipinski definition) is 4. The number of carbonyl (C=O) groups excluding carboxylic acids is 2. The summed E-state index contributed by atoms with van der Waals surface area (Å²) in [4.78, 5) is 37.9. The van der Waals surface area contributed by atoms with Gasteiger partial charge in [-0.1, -0.05) is 24.3 Å². The van der Waals surface area contributed by atoms with Gasteiger partial charge in [0.2, 0.25) is 5.91 Å². The molecule has 2 aliphatic rings. The highest BCUT2D eigenvalue weighted by atomic mass is 16.5. The van der Waals surface area contributed by atoms with Gasteiger partial charge in [-0.05, 0) is 34.9 Å². The van der Waals surface area contributed by atoms with Crippen LogP contribution in [0.15, 0.2) is 42.5 Å². The molecule has 0 saturated heterocycles. The number of nitrogens with zero attached hydrogens (tertiary/aromatic N) is 1. The Hall–Kier alpha value is -3.35. The minimum absolute atomic E-state index is 0.189. The molecule has 2 aliphatic heterocycles. The van der Waals surface area contributed by atoms with Crippen molar-refractivity contribution in [3.63, 3.8) is 0 Å². The molecule has 0 aliphatic carbocycles. The number of aliphatic carboxylic acids is 1. The second-order valence-electron chi connectivity index (χ2n) is 6.62. The topological polar surface area (TPSA) is 95.9 Å². The molecule has 0 radical (unpaired) electrons. The van der Waals surface area contributed by atoms with Gasteiger partial charge >= 0.3 is 5.97 Å². The molecule has 0 fully saturated rings. The number of benzene rings is 2. The SMILES string of the molecule is O=C(CN1Cc2ccccc2C1=O)NC(C(=O)O)c1ccc2c(c1)CCO2. The maximum absolute atomic E-state index is 12.4. The summed E-state index contributed by atoms with van der Waals surface area (Å²) in [5, 5.41) is 12.1. The number of rotatable bonds is 5. The first-order chi connectivity index (χ1) is 13.0. The van der Waals surface area contributed by atoms with Crippen LogP contribution < -0.4 is 10.1 Å². The van der Waals surface area contributed by atoms with Crippen molar-refractivity contribution >= 4 is 17.8 Å². The van der Waals surface area contributed by atoms with Crippen molar-refractivity contribution in [3.05, 3.63) is 64.7 Å². The first-order valence-corrected chi connectivity index (χ1v) is 8.68. The molecule has 1 unspecified atom stereocenters. The van der Waals surface area contributed by atoms with E-state index >= 15 is 0 Å². The third kappa shape index (κ3) is 3.23. The van der Waals surface area contributed by atoms with Crippen molar-refractivity contribution in [2.24, 2.45) is 0 Å². The zero-order chi connectivity index (χ0) is 19.0. The first-order valence-electron chi connectivity index (χ1n) is 8.68. The summed E-state index contributed by atoms with van der Waals surface area (Å²) >= 11 is 0. The summed E-state index contributed by atoms with van der Waals surface area (Å²) < 4.78 is 5.43. The van der Waals surface area contributed by atoms with Crippen molar-refractivity contribution in [2.75, 3.05) is 13.2 Å². The van der Waals surface area contributed by atoms with Crippen LogP contribution in [-0.2, 0) is 22.6 Å². The van der Waals surface area contributed by atoms with Crippen LogP contribution in [0.5, 0.6) is 5.75 Å². The second-order valence-corrected chi connectivity index (χ2v) is 6.62. The highest BCUT2D eigenvalue weighted by Crippen LogP contribution is 2.28. The van der Waals surface area contributed by atoms with Gasteiger partial charge in [0.25, 0.3) is 5.91 Å². The van der Waals surface area contributed by atoms with Crippen molar-refractivity contribution in [2.45, 2.75) is 19.0 Å². The largest absolute Gasteiger partial charge is 0.493 e. The van der Waals surface area contributed by atoms with E-state index in [1.807, 2.05) is 12.1 Å². The number of carboxylic acid groups (broad SMARTS) is 1. The molecule has 138 valence electrons. The Morgan fingerprint density at radius 3 is 2.78 bits per heavy atom. The molecule has 0 aromatic heterocycles. The Kier molecular flexibility index (Phi) is 4.27. The van der Waals surface area contributed by atoms with Crippen LogP contribution in [-0.4, -0.2) is 40.9 Å². The van der Waals surface area contributed by atoms with Crippen LogP contribution in [0, 0.1) is 0 Å². The minimum Gasteiger partial charge on any atom is -0.493 e. The third-order valence-corrected chi connectivity index (χ3v) is 4.83. The molecule has 4 rings (SSSR count). The van der Waals surface area contributed by atoms with E-state index in [0.717, 1.165) is 16.9 Å². The highest BCUT2D eigenvalue weighted by molar-refractivity contribution is 6.00. The summed E-state index contributed by atoms with van der Waals surface area (Å²) in [6.07, 6.45) is 0.712. The van der Waals surface area contributed by atoms with Gasteiger partial charge in [0.15, 0.2) is 6.04 Å². The average molecular weight is 366 g/mol. The van der Waals surface area contributed by atoms with E-state index < -0.39 is 17.9 Å². The molecule has 7 nitrogen and oxygen atoms in total. The molecule has 7 heteroatoms. The van der Waals surface area contributed by atoms with E-state index in [1.165, 1.54) is 4.90 Å². The Morgan fingerprint density at radius 2 is 2.00 bits per heavy atom. The lowest BCUT2D eigenvalue weighted by atomic mass is 10.0. The number of nitrogens with one attached hydrogen (secondary N) is 1. The van der Waals surface area contributed by atoms with E-state index in [-0.39, 0.29) is 12.5 Å². The van der Waals surface area contributed by atoms with Crippen molar-refractivity contribution in [1.29, 1.82) is 0 Å². The van der Waals surface area contributed by atoms with Crippen LogP contribution in [0.1, 0.15) is 33.1 Å². The third-order valence-electron chi connectivity index (χ3n) is 4.83. The van der Waals surface area contributed by atoms with Gasteiger partial charge in [0, 0.05) is 18.5 Å². The number of carbonyl (C=O) groups is 3. The fourth-order valence-electron chi connectivity index (χ4n) is 3.50. The fraction of sp³-hybridized carbons (Fsp3) is 0.250. The number of fused-ring (bicyclic) bond motifs is 2. The molecule has 0 bridgehead atoms. The normalized spacial score (nSPS) is 15.7. The van der Waals surface area contributed by atoms with E-state index in [4.69, 9.17) is 4.74 Å². The van der Waals surface area contributed by atoms with E-state index in [0.29, 0.717) is 30.7 Å². The van der Waals surface area contributed by atoms with Crippen molar-refractivity contribution < 1.29 is 24.2 Å². The molecule has 2 N–H and O–H groups in total. The Bertz CT molecular complexity index is 940. The Labute approximate surface area is 155 Å². The van der Waals surface area contributed by atoms with Gasteiger partial charge in [-0.2, -0.15) is 0 Å². The zero-order valence-corrected chi connectivity index (χ0v) is 14.5. The summed E-state index contributed by atoms with van der Waals surface area (Å²) in [5.41, 5.74) is 2.86. The molecule has 0 saturated carbocycles. The first kappa shape index (κ1) is 17.1. The van der Waals surface area contributed by atoms with Crippen LogP contribution in [0.25, 0.3) is 0 Å². The number of hydrogen-bond donors (Lipinski definition) is 2. The summed E-state index contributed by atoms with van der Waals surface area (Å²) in [6.45, 7) is 0.724. The van der Waals surface area contributed by atoms with Gasteiger partial charge in [0.1, 0.15) is 12.3 Å². The lowest BCUT2D eigenvalue weighted by Crippen LogP contribution is -2.41. The van der Waals surface area contributed by atoms with Gasteiger partial charge in [-0.25, -0.2) is 4.79 Å². The van der Waals surface area contributed by atoms with Gasteiger partial charge in [-0.15, -0.1) is 0 Å². The minimum atomic E-state index is -1.18. The average Bonchev–Trinajstić information content (AvgIpc) is 3.24. The molecular weight excluding hydrogens is 348 g/mol. The van der Waals surface area contributed by atoms with Crippen LogP contribution >= 0.6 is 0 Å².